The standard InChI is InChI=1S/C14H13Cl2NO2/c1-9(10-3-5-11(15)6-4-10)17(2)14(18)12-7-8-19-13(12)16/h3-9H,1-2H3. The van der Waals surface area contributed by atoms with Gasteiger partial charge in [0, 0.05) is 12.1 Å². The summed E-state index contributed by atoms with van der Waals surface area (Å²) in [5.74, 6) is -0.179. The Hall–Kier alpha value is -1.45. The number of carbonyl (C=O) groups is 1. The highest BCUT2D eigenvalue weighted by molar-refractivity contribution is 6.32. The monoisotopic (exact) mass is 297 g/mol. The Morgan fingerprint density at radius 2 is 1.84 bits per heavy atom. The van der Waals surface area contributed by atoms with Crippen LogP contribution in [-0.2, 0) is 0 Å². The van der Waals surface area contributed by atoms with Crippen LogP contribution in [0.15, 0.2) is 41.0 Å². The van der Waals surface area contributed by atoms with Gasteiger partial charge in [0.05, 0.1) is 17.9 Å². The van der Waals surface area contributed by atoms with Crippen molar-refractivity contribution in [1.29, 1.82) is 0 Å². The number of hydrogen-bond donors (Lipinski definition) is 0. The molecule has 1 atom stereocenters. The van der Waals surface area contributed by atoms with Crippen LogP contribution in [0.4, 0.5) is 0 Å². The van der Waals surface area contributed by atoms with E-state index in [1.165, 1.54) is 6.26 Å². The summed E-state index contributed by atoms with van der Waals surface area (Å²) >= 11 is 11.7. The first-order valence-corrected chi connectivity index (χ1v) is 6.52. The first kappa shape index (κ1) is 14.0. The predicted molar refractivity (Wildman–Crippen MR) is 75.7 cm³/mol. The molecule has 19 heavy (non-hydrogen) atoms. The average molecular weight is 298 g/mol. The molecule has 0 bridgehead atoms. The van der Waals surface area contributed by atoms with Gasteiger partial charge in [0.1, 0.15) is 0 Å². The maximum atomic E-state index is 12.3. The number of benzene rings is 1. The normalized spacial score (nSPS) is 12.2. The summed E-state index contributed by atoms with van der Waals surface area (Å²) in [5.41, 5.74) is 1.37. The number of furan rings is 1. The highest BCUT2D eigenvalue weighted by Gasteiger charge is 2.22. The van der Waals surface area contributed by atoms with Crippen molar-refractivity contribution >= 4 is 29.1 Å². The van der Waals surface area contributed by atoms with E-state index < -0.39 is 0 Å². The fourth-order valence-electron chi connectivity index (χ4n) is 1.78. The van der Waals surface area contributed by atoms with E-state index in [-0.39, 0.29) is 17.2 Å². The number of halogens is 2. The smallest absolute Gasteiger partial charge is 0.258 e. The molecule has 0 aliphatic carbocycles. The molecule has 2 aromatic rings. The van der Waals surface area contributed by atoms with Crippen molar-refractivity contribution in [3.8, 4) is 0 Å². The van der Waals surface area contributed by atoms with Crippen LogP contribution >= 0.6 is 23.2 Å². The summed E-state index contributed by atoms with van der Waals surface area (Å²) < 4.78 is 4.94. The van der Waals surface area contributed by atoms with Crippen LogP contribution in [0.5, 0.6) is 0 Å². The molecule has 1 heterocycles. The minimum Gasteiger partial charge on any atom is -0.452 e. The molecule has 1 aromatic heterocycles. The molecule has 5 heteroatoms. The van der Waals surface area contributed by atoms with Gasteiger partial charge in [0.2, 0.25) is 5.22 Å². The van der Waals surface area contributed by atoms with Gasteiger partial charge in [0.15, 0.2) is 0 Å². The van der Waals surface area contributed by atoms with Crippen molar-refractivity contribution in [3.05, 3.63) is 58.0 Å². The molecule has 1 aromatic carbocycles. The molecule has 0 saturated carbocycles. The predicted octanol–water partition coefficient (Wildman–Crippen LogP) is 4.42. The van der Waals surface area contributed by atoms with Gasteiger partial charge in [-0.1, -0.05) is 23.7 Å². The zero-order chi connectivity index (χ0) is 14.0. The second-order valence-corrected chi connectivity index (χ2v) is 5.03. The topological polar surface area (TPSA) is 33.5 Å². The second kappa shape index (κ2) is 5.68. The van der Waals surface area contributed by atoms with Crippen LogP contribution in [0.3, 0.4) is 0 Å². The molecule has 100 valence electrons. The molecular formula is C14H13Cl2NO2. The van der Waals surface area contributed by atoms with Crippen LogP contribution in [0.25, 0.3) is 0 Å². The van der Waals surface area contributed by atoms with E-state index in [1.54, 1.807) is 30.1 Å². The lowest BCUT2D eigenvalue weighted by molar-refractivity contribution is 0.0742. The minimum absolute atomic E-state index is 0.0873. The van der Waals surface area contributed by atoms with Crippen molar-refractivity contribution in [2.45, 2.75) is 13.0 Å². The number of nitrogens with zero attached hydrogens (tertiary/aromatic N) is 1. The highest BCUT2D eigenvalue weighted by Crippen LogP contribution is 2.25. The van der Waals surface area contributed by atoms with Crippen molar-refractivity contribution in [2.24, 2.45) is 0 Å². The largest absolute Gasteiger partial charge is 0.452 e. The number of carbonyl (C=O) groups excluding carboxylic acids is 1. The Bertz CT molecular complexity index is 577. The fraction of sp³-hybridized carbons (Fsp3) is 0.214. The Morgan fingerprint density at radius 1 is 1.21 bits per heavy atom. The first-order valence-electron chi connectivity index (χ1n) is 5.76. The summed E-state index contributed by atoms with van der Waals surface area (Å²) in [6, 6.07) is 8.88. The quantitative estimate of drug-likeness (QED) is 0.840. The van der Waals surface area contributed by atoms with Gasteiger partial charge in [-0.25, -0.2) is 0 Å². The van der Waals surface area contributed by atoms with Crippen molar-refractivity contribution in [1.82, 2.24) is 4.90 Å². The number of hydrogen-bond acceptors (Lipinski definition) is 2. The van der Waals surface area contributed by atoms with E-state index >= 15 is 0 Å². The molecule has 1 amide bonds. The molecule has 2 rings (SSSR count). The van der Waals surface area contributed by atoms with Gasteiger partial charge < -0.3 is 9.32 Å². The highest BCUT2D eigenvalue weighted by atomic mass is 35.5. The van der Waals surface area contributed by atoms with Crippen LogP contribution in [0, 0.1) is 0 Å². The third-order valence-electron chi connectivity index (χ3n) is 3.10. The van der Waals surface area contributed by atoms with Crippen molar-refractivity contribution < 1.29 is 9.21 Å². The van der Waals surface area contributed by atoms with Gasteiger partial charge >= 0.3 is 0 Å². The molecular weight excluding hydrogens is 285 g/mol. The van der Waals surface area contributed by atoms with E-state index in [2.05, 4.69) is 0 Å². The van der Waals surface area contributed by atoms with Crippen LogP contribution in [0.2, 0.25) is 10.2 Å². The third kappa shape index (κ3) is 2.94. The Labute approximate surface area is 121 Å². The van der Waals surface area contributed by atoms with Crippen molar-refractivity contribution in [3.63, 3.8) is 0 Å². The van der Waals surface area contributed by atoms with Crippen LogP contribution in [0.1, 0.15) is 28.9 Å². The van der Waals surface area contributed by atoms with E-state index in [0.717, 1.165) is 5.56 Å². The summed E-state index contributed by atoms with van der Waals surface area (Å²) in [6.45, 7) is 1.94. The molecule has 0 aliphatic rings. The molecule has 0 spiro atoms. The molecule has 0 N–H and O–H groups in total. The van der Waals surface area contributed by atoms with E-state index in [9.17, 15) is 4.79 Å². The molecule has 0 fully saturated rings. The van der Waals surface area contributed by atoms with Gasteiger partial charge in [-0.3, -0.25) is 4.79 Å². The summed E-state index contributed by atoms with van der Waals surface area (Å²) in [7, 11) is 1.73. The van der Waals surface area contributed by atoms with Gasteiger partial charge in [-0.05, 0) is 42.3 Å². The number of amides is 1. The Morgan fingerprint density at radius 3 is 2.37 bits per heavy atom. The lowest BCUT2D eigenvalue weighted by atomic mass is 10.1. The van der Waals surface area contributed by atoms with Gasteiger partial charge in [0.25, 0.3) is 5.91 Å². The van der Waals surface area contributed by atoms with Crippen molar-refractivity contribution in [2.75, 3.05) is 7.05 Å². The first-order chi connectivity index (χ1) is 9.00. The van der Waals surface area contributed by atoms with E-state index in [1.807, 2.05) is 19.1 Å². The number of rotatable bonds is 3. The molecule has 3 nitrogen and oxygen atoms in total. The SMILES string of the molecule is CC(c1ccc(Cl)cc1)N(C)C(=O)c1ccoc1Cl. The zero-order valence-corrected chi connectivity index (χ0v) is 12.1. The fourth-order valence-corrected chi connectivity index (χ4v) is 2.10. The van der Waals surface area contributed by atoms with E-state index in [4.69, 9.17) is 27.6 Å². The second-order valence-electron chi connectivity index (χ2n) is 4.25. The lowest BCUT2D eigenvalue weighted by Gasteiger charge is -2.25. The Kier molecular flexibility index (Phi) is 4.17. The third-order valence-corrected chi connectivity index (χ3v) is 3.65. The maximum absolute atomic E-state index is 12.3. The zero-order valence-electron chi connectivity index (χ0n) is 10.6. The molecule has 0 saturated heterocycles. The molecule has 1 unspecified atom stereocenters. The maximum Gasteiger partial charge on any atom is 0.258 e. The summed E-state index contributed by atoms with van der Waals surface area (Å²) in [5, 5.41) is 0.781. The van der Waals surface area contributed by atoms with Gasteiger partial charge in [-0.2, -0.15) is 0 Å². The van der Waals surface area contributed by atoms with E-state index in [0.29, 0.717) is 10.6 Å². The van der Waals surface area contributed by atoms with Gasteiger partial charge in [-0.15, -0.1) is 0 Å². The summed E-state index contributed by atoms with van der Waals surface area (Å²) in [6.07, 6.45) is 1.40. The lowest BCUT2D eigenvalue weighted by Crippen LogP contribution is -2.29. The molecule has 0 aliphatic heterocycles. The Balaban J connectivity index is 2.19. The molecule has 0 radical (unpaired) electrons. The average Bonchev–Trinajstić information content (AvgIpc) is 2.83. The minimum atomic E-state index is -0.179. The van der Waals surface area contributed by atoms with Crippen LogP contribution < -0.4 is 0 Å². The van der Waals surface area contributed by atoms with Crippen LogP contribution in [-0.4, -0.2) is 17.9 Å². The summed E-state index contributed by atoms with van der Waals surface area (Å²) in [4.78, 5) is 13.9.